The van der Waals surface area contributed by atoms with Crippen molar-refractivity contribution in [3.63, 3.8) is 0 Å². The predicted molar refractivity (Wildman–Crippen MR) is 141 cm³/mol. The van der Waals surface area contributed by atoms with Crippen LogP contribution in [0.25, 0.3) is 11.1 Å². The van der Waals surface area contributed by atoms with Gasteiger partial charge in [-0.3, -0.25) is 0 Å². The van der Waals surface area contributed by atoms with E-state index in [1.165, 1.54) is 44.5 Å². The van der Waals surface area contributed by atoms with Crippen LogP contribution in [0.4, 0.5) is 0 Å². The molecule has 0 aromatic heterocycles. The molecule has 0 saturated carbocycles. The van der Waals surface area contributed by atoms with E-state index in [0.717, 1.165) is 6.42 Å². The van der Waals surface area contributed by atoms with Gasteiger partial charge in [-0.1, -0.05) is 107 Å². The monoisotopic (exact) mass is 420 g/mol. The minimum atomic E-state index is 0.112. The van der Waals surface area contributed by atoms with Gasteiger partial charge < -0.3 is 0 Å². The molecule has 172 valence electrons. The molecule has 0 heteroatoms. The van der Waals surface area contributed by atoms with Gasteiger partial charge in [-0.05, 0) is 86.4 Å². The van der Waals surface area contributed by atoms with E-state index in [-0.39, 0.29) is 21.7 Å². The van der Waals surface area contributed by atoms with Gasteiger partial charge in [0.25, 0.3) is 0 Å². The second-order valence-corrected chi connectivity index (χ2v) is 13.4. The van der Waals surface area contributed by atoms with Crippen LogP contribution in [-0.2, 0) is 21.7 Å². The van der Waals surface area contributed by atoms with Crippen molar-refractivity contribution in [2.45, 2.75) is 125 Å². The Morgan fingerprint density at radius 1 is 0.516 bits per heavy atom. The van der Waals surface area contributed by atoms with Crippen molar-refractivity contribution in [3.8, 4) is 11.1 Å². The van der Waals surface area contributed by atoms with Crippen LogP contribution in [0.1, 0.15) is 123 Å². The Labute approximate surface area is 193 Å². The molecule has 0 atom stereocenters. The molecule has 0 spiro atoms. The van der Waals surface area contributed by atoms with Crippen LogP contribution in [0.2, 0.25) is 0 Å². The zero-order chi connectivity index (χ0) is 24.2. The van der Waals surface area contributed by atoms with Crippen molar-refractivity contribution in [2.24, 2.45) is 0 Å². The summed E-state index contributed by atoms with van der Waals surface area (Å²) in [5.41, 5.74) is 12.0. The van der Waals surface area contributed by atoms with E-state index in [1.54, 1.807) is 0 Å². The Bertz CT molecular complexity index is 947. The number of benzene rings is 2. The minimum Gasteiger partial charge on any atom is -0.0646 e. The van der Waals surface area contributed by atoms with Crippen molar-refractivity contribution in [3.05, 3.63) is 57.6 Å². The maximum absolute atomic E-state index is 2.50. The van der Waals surface area contributed by atoms with E-state index in [2.05, 4.69) is 121 Å². The van der Waals surface area contributed by atoms with Crippen molar-refractivity contribution in [2.75, 3.05) is 0 Å². The summed E-state index contributed by atoms with van der Waals surface area (Å²) in [4.78, 5) is 0. The van der Waals surface area contributed by atoms with Crippen LogP contribution in [0.15, 0.2) is 24.3 Å². The Morgan fingerprint density at radius 2 is 0.871 bits per heavy atom. The highest BCUT2D eigenvalue weighted by Gasteiger charge is 2.28. The summed E-state index contributed by atoms with van der Waals surface area (Å²) in [6.45, 7) is 32.8. The maximum atomic E-state index is 2.50. The summed E-state index contributed by atoms with van der Waals surface area (Å²) in [5.74, 6) is 0. The molecule has 0 N–H and O–H groups in total. The highest BCUT2D eigenvalue weighted by Crippen LogP contribution is 2.42. The molecule has 0 bridgehead atoms. The first-order valence-corrected chi connectivity index (χ1v) is 12.1. The van der Waals surface area contributed by atoms with Gasteiger partial charge >= 0.3 is 0 Å². The van der Waals surface area contributed by atoms with Gasteiger partial charge in [0.05, 0.1) is 0 Å². The van der Waals surface area contributed by atoms with Crippen LogP contribution in [-0.4, -0.2) is 0 Å². The molecular weight excluding hydrogens is 372 g/mol. The van der Waals surface area contributed by atoms with Crippen LogP contribution in [0.3, 0.4) is 0 Å². The molecule has 0 nitrogen and oxygen atoms in total. The second kappa shape index (κ2) is 8.09. The first-order chi connectivity index (χ1) is 13.8. The fraction of sp³-hybridized carbons (Fsp3) is 0.613. The average Bonchev–Trinajstić information content (AvgIpc) is 2.59. The Morgan fingerprint density at radius 3 is 1.19 bits per heavy atom. The third-order valence-corrected chi connectivity index (χ3v) is 7.25. The quantitative estimate of drug-likeness (QED) is 0.463. The molecule has 0 heterocycles. The smallest absolute Gasteiger partial charge is 0.0106 e. The van der Waals surface area contributed by atoms with Gasteiger partial charge in [-0.2, -0.15) is 0 Å². The fourth-order valence-electron chi connectivity index (χ4n) is 4.57. The van der Waals surface area contributed by atoms with Gasteiger partial charge in [0.2, 0.25) is 0 Å². The van der Waals surface area contributed by atoms with Gasteiger partial charge in [-0.15, -0.1) is 0 Å². The molecule has 2 aromatic carbocycles. The third kappa shape index (κ3) is 5.27. The highest BCUT2D eigenvalue weighted by molar-refractivity contribution is 5.75. The van der Waals surface area contributed by atoms with Gasteiger partial charge in [0.15, 0.2) is 0 Å². The van der Waals surface area contributed by atoms with Crippen molar-refractivity contribution < 1.29 is 0 Å². The lowest BCUT2D eigenvalue weighted by Crippen LogP contribution is -2.21. The minimum absolute atomic E-state index is 0.112. The SMILES string of the molecule is CCC(C)(C)c1cc(-c2cc(C(C)(C)C)cc(C(C)(C)C)c2C)c(C)c(C(C)(C)C)c1. The number of hydrogen-bond acceptors (Lipinski definition) is 0. The van der Waals surface area contributed by atoms with E-state index in [0.29, 0.717) is 0 Å². The lowest BCUT2D eigenvalue weighted by atomic mass is 9.72. The normalized spacial score (nSPS) is 13.6. The average molecular weight is 421 g/mol. The van der Waals surface area contributed by atoms with E-state index in [9.17, 15) is 0 Å². The van der Waals surface area contributed by atoms with Crippen LogP contribution in [0, 0.1) is 13.8 Å². The van der Waals surface area contributed by atoms with Crippen LogP contribution < -0.4 is 0 Å². The summed E-state index contributed by atoms with van der Waals surface area (Å²) in [7, 11) is 0. The zero-order valence-corrected chi connectivity index (χ0v) is 23.0. The topological polar surface area (TPSA) is 0 Å². The number of rotatable bonds is 3. The van der Waals surface area contributed by atoms with E-state index < -0.39 is 0 Å². The molecule has 0 aliphatic carbocycles. The molecule has 0 aliphatic rings. The first-order valence-electron chi connectivity index (χ1n) is 12.1. The lowest BCUT2D eigenvalue weighted by molar-refractivity contribution is 0.502. The van der Waals surface area contributed by atoms with Gasteiger partial charge in [0.1, 0.15) is 0 Å². The van der Waals surface area contributed by atoms with Crippen LogP contribution >= 0.6 is 0 Å². The standard InChI is InChI=1S/C31H48/c1-15-31(13,14)23-17-25(21(3)27(19-23)30(10,11)12)24-16-22(28(4,5)6)18-26(20(24)2)29(7,8)9/h16-19H,15H2,1-14H3. The molecule has 2 aromatic rings. The molecular formula is C31H48. The fourth-order valence-corrected chi connectivity index (χ4v) is 4.57. The van der Waals surface area contributed by atoms with Crippen LogP contribution in [0.5, 0.6) is 0 Å². The molecule has 2 rings (SSSR count). The Hall–Kier alpha value is -1.56. The molecule has 0 amide bonds. The molecule has 0 aliphatic heterocycles. The summed E-state index contributed by atoms with van der Waals surface area (Å²) < 4.78 is 0. The summed E-state index contributed by atoms with van der Waals surface area (Å²) in [6.07, 6.45) is 1.13. The molecule has 31 heavy (non-hydrogen) atoms. The van der Waals surface area contributed by atoms with E-state index >= 15 is 0 Å². The van der Waals surface area contributed by atoms with Crippen molar-refractivity contribution >= 4 is 0 Å². The number of hydrogen-bond donors (Lipinski definition) is 0. The molecule has 0 saturated heterocycles. The van der Waals surface area contributed by atoms with Gasteiger partial charge in [-0.25, -0.2) is 0 Å². The van der Waals surface area contributed by atoms with Crippen molar-refractivity contribution in [1.82, 2.24) is 0 Å². The summed E-state index contributed by atoms with van der Waals surface area (Å²) >= 11 is 0. The molecule has 0 fully saturated rings. The van der Waals surface area contributed by atoms with Gasteiger partial charge in [0, 0.05) is 0 Å². The van der Waals surface area contributed by atoms with E-state index in [1.807, 2.05) is 0 Å². The highest BCUT2D eigenvalue weighted by atomic mass is 14.3. The first kappa shape index (κ1) is 25.7. The Kier molecular flexibility index (Phi) is 6.71. The predicted octanol–water partition coefficient (Wildman–Crippen LogP) is 9.55. The third-order valence-electron chi connectivity index (χ3n) is 7.25. The maximum Gasteiger partial charge on any atom is -0.0106 e. The lowest BCUT2D eigenvalue weighted by Gasteiger charge is -2.32. The van der Waals surface area contributed by atoms with E-state index in [4.69, 9.17) is 0 Å². The second-order valence-electron chi connectivity index (χ2n) is 13.4. The zero-order valence-electron chi connectivity index (χ0n) is 23.0. The Balaban J connectivity index is 3.03. The molecule has 0 radical (unpaired) electrons. The van der Waals surface area contributed by atoms with Crippen molar-refractivity contribution in [1.29, 1.82) is 0 Å². The molecule has 0 unspecified atom stereocenters. The summed E-state index contributed by atoms with van der Waals surface area (Å²) in [5, 5.41) is 0. The largest absolute Gasteiger partial charge is 0.0646 e. The summed E-state index contributed by atoms with van der Waals surface area (Å²) in [6, 6.07) is 9.91.